The van der Waals surface area contributed by atoms with Crippen LogP contribution in [0.5, 0.6) is 11.5 Å². The molecular formula is C23H30N2O5S. The third kappa shape index (κ3) is 5.70. The zero-order valence-electron chi connectivity index (χ0n) is 18.6. The van der Waals surface area contributed by atoms with Crippen LogP contribution in [0.1, 0.15) is 44.4 Å². The third-order valence-corrected chi connectivity index (χ3v) is 6.22. The lowest BCUT2D eigenvalue weighted by molar-refractivity contribution is -0.120. The number of fused-ring (bicyclic) bond motifs is 1. The summed E-state index contributed by atoms with van der Waals surface area (Å²) in [5.74, 6) is 0.994. The molecule has 1 aliphatic heterocycles. The lowest BCUT2D eigenvalue weighted by Crippen LogP contribution is -2.45. The van der Waals surface area contributed by atoms with Gasteiger partial charge in [0.2, 0.25) is 15.9 Å². The molecule has 0 fully saturated rings. The van der Waals surface area contributed by atoms with Crippen molar-refractivity contribution in [3.63, 3.8) is 0 Å². The molecule has 0 saturated carbocycles. The van der Waals surface area contributed by atoms with Gasteiger partial charge in [0.1, 0.15) is 23.6 Å². The lowest BCUT2D eigenvalue weighted by atomic mass is 9.89. The van der Waals surface area contributed by atoms with Crippen LogP contribution in [-0.4, -0.2) is 39.3 Å². The maximum Gasteiger partial charge on any atom is 0.241 e. The number of nitrogens with one attached hydrogen (secondary N) is 1. The fourth-order valence-electron chi connectivity index (χ4n) is 3.75. The number of ether oxygens (including phenoxy) is 2. The van der Waals surface area contributed by atoms with E-state index in [1.54, 1.807) is 24.3 Å². The number of sulfonamides is 1. The highest BCUT2D eigenvalue weighted by atomic mass is 32.2. The van der Waals surface area contributed by atoms with Crippen LogP contribution in [0.3, 0.4) is 0 Å². The first-order valence-corrected chi connectivity index (χ1v) is 12.1. The number of nitrogens with zero attached hydrogens (tertiary/aromatic N) is 1. The summed E-state index contributed by atoms with van der Waals surface area (Å²) in [5, 5.41) is 3.01. The van der Waals surface area contributed by atoms with E-state index >= 15 is 0 Å². The first kappa shape index (κ1) is 22.9. The van der Waals surface area contributed by atoms with E-state index in [9.17, 15) is 13.2 Å². The summed E-state index contributed by atoms with van der Waals surface area (Å²) in [5.41, 5.74) is 1.92. The van der Waals surface area contributed by atoms with E-state index in [1.807, 2.05) is 45.9 Å². The molecule has 2 aromatic carbocycles. The monoisotopic (exact) mass is 446 g/mol. The molecule has 2 aromatic rings. The summed E-state index contributed by atoms with van der Waals surface area (Å²) in [6.07, 6.45) is 1.67. The molecule has 0 radical (unpaired) electrons. The summed E-state index contributed by atoms with van der Waals surface area (Å²) in [6, 6.07) is 12.3. The largest absolute Gasteiger partial charge is 0.494 e. The molecule has 0 unspecified atom stereocenters. The Morgan fingerprint density at radius 3 is 2.52 bits per heavy atom. The van der Waals surface area contributed by atoms with Gasteiger partial charge in [-0.1, -0.05) is 17.7 Å². The number of rotatable bonds is 7. The van der Waals surface area contributed by atoms with Gasteiger partial charge in [-0.3, -0.25) is 9.10 Å². The van der Waals surface area contributed by atoms with Gasteiger partial charge >= 0.3 is 0 Å². The zero-order valence-corrected chi connectivity index (χ0v) is 19.5. The second-order valence-corrected chi connectivity index (χ2v) is 10.3. The van der Waals surface area contributed by atoms with Crippen LogP contribution in [0.25, 0.3) is 0 Å². The summed E-state index contributed by atoms with van der Waals surface area (Å²) in [4.78, 5) is 12.9. The predicted octanol–water partition coefficient (Wildman–Crippen LogP) is 3.58. The standard InChI is InChI=1S/C23H30N2O5S/c1-6-29-18-10-8-17(9-11-18)25(31(5,27)28)15-22(26)24-20-14-23(3,4)30-21-12-7-16(2)13-19(20)21/h7-13,20H,6,14-15H2,1-5H3,(H,24,26)/t20-/m1/s1. The smallest absolute Gasteiger partial charge is 0.241 e. The summed E-state index contributed by atoms with van der Waals surface area (Å²) < 4.78 is 37.4. The second kappa shape index (κ2) is 8.78. The average molecular weight is 447 g/mol. The van der Waals surface area contributed by atoms with E-state index in [0.29, 0.717) is 24.5 Å². The van der Waals surface area contributed by atoms with E-state index < -0.39 is 15.6 Å². The van der Waals surface area contributed by atoms with Crippen LogP contribution in [0.2, 0.25) is 0 Å². The predicted molar refractivity (Wildman–Crippen MR) is 121 cm³/mol. The minimum Gasteiger partial charge on any atom is -0.494 e. The van der Waals surface area contributed by atoms with Gasteiger partial charge in [-0.2, -0.15) is 0 Å². The first-order chi connectivity index (χ1) is 14.5. The molecule has 1 atom stereocenters. The minimum absolute atomic E-state index is 0.270. The topological polar surface area (TPSA) is 84.9 Å². The number of carbonyl (C=O) groups is 1. The average Bonchev–Trinajstić information content (AvgIpc) is 2.66. The number of carbonyl (C=O) groups excluding carboxylic acids is 1. The fourth-order valence-corrected chi connectivity index (χ4v) is 4.60. The lowest BCUT2D eigenvalue weighted by Gasteiger charge is -2.38. The van der Waals surface area contributed by atoms with Crippen molar-refractivity contribution >= 4 is 21.6 Å². The number of hydrogen-bond donors (Lipinski definition) is 1. The molecule has 0 saturated heterocycles. The Kier molecular flexibility index (Phi) is 6.50. The van der Waals surface area contributed by atoms with Crippen LogP contribution in [-0.2, 0) is 14.8 Å². The van der Waals surface area contributed by atoms with Crippen molar-refractivity contribution in [3.05, 3.63) is 53.6 Å². The molecule has 1 heterocycles. The van der Waals surface area contributed by atoms with Gasteiger partial charge in [-0.15, -0.1) is 0 Å². The van der Waals surface area contributed by atoms with Crippen molar-refractivity contribution < 1.29 is 22.7 Å². The minimum atomic E-state index is -3.66. The molecular weight excluding hydrogens is 416 g/mol. The first-order valence-electron chi connectivity index (χ1n) is 10.3. The maximum absolute atomic E-state index is 12.9. The van der Waals surface area contributed by atoms with E-state index in [2.05, 4.69) is 5.32 Å². The summed E-state index contributed by atoms with van der Waals surface area (Å²) in [7, 11) is -3.66. The van der Waals surface area contributed by atoms with Crippen LogP contribution in [0, 0.1) is 6.92 Å². The molecule has 168 valence electrons. The highest BCUT2D eigenvalue weighted by Crippen LogP contribution is 2.39. The van der Waals surface area contributed by atoms with Crippen molar-refractivity contribution in [1.82, 2.24) is 5.32 Å². The number of aryl methyl sites for hydroxylation is 1. The molecule has 1 aliphatic rings. The Hall–Kier alpha value is -2.74. The number of amides is 1. The van der Waals surface area contributed by atoms with Gasteiger partial charge in [-0.05, 0) is 58.0 Å². The Morgan fingerprint density at radius 1 is 1.23 bits per heavy atom. The highest BCUT2D eigenvalue weighted by Gasteiger charge is 2.35. The van der Waals surface area contributed by atoms with Crippen LogP contribution in [0.15, 0.2) is 42.5 Å². The Bertz CT molecular complexity index is 1050. The van der Waals surface area contributed by atoms with Crippen molar-refractivity contribution in [1.29, 1.82) is 0 Å². The highest BCUT2D eigenvalue weighted by molar-refractivity contribution is 7.92. The van der Waals surface area contributed by atoms with Crippen LogP contribution in [0.4, 0.5) is 5.69 Å². The SMILES string of the molecule is CCOc1ccc(N(CC(=O)N[C@@H]2CC(C)(C)Oc3ccc(C)cc32)S(C)(=O)=O)cc1. The Morgan fingerprint density at radius 2 is 1.90 bits per heavy atom. The normalized spacial score (nSPS) is 17.3. The molecule has 1 amide bonds. The fraction of sp³-hybridized carbons (Fsp3) is 0.435. The van der Waals surface area contributed by atoms with Gasteiger partial charge < -0.3 is 14.8 Å². The van der Waals surface area contributed by atoms with Gasteiger partial charge in [0.25, 0.3) is 0 Å². The third-order valence-electron chi connectivity index (χ3n) is 5.08. The molecule has 0 aromatic heterocycles. The molecule has 7 nitrogen and oxygen atoms in total. The van der Waals surface area contributed by atoms with Crippen LogP contribution < -0.4 is 19.1 Å². The van der Waals surface area contributed by atoms with Crippen molar-refractivity contribution in [2.75, 3.05) is 23.7 Å². The zero-order chi connectivity index (χ0) is 22.8. The van der Waals surface area contributed by atoms with Gasteiger partial charge in [0.05, 0.1) is 24.6 Å². The van der Waals surface area contributed by atoms with E-state index in [0.717, 1.165) is 27.4 Å². The molecule has 0 bridgehead atoms. The molecule has 3 rings (SSSR count). The van der Waals surface area contributed by atoms with Crippen molar-refractivity contribution in [2.24, 2.45) is 0 Å². The molecule has 0 aliphatic carbocycles. The summed E-state index contributed by atoms with van der Waals surface area (Å²) in [6.45, 7) is 8.00. The van der Waals surface area contributed by atoms with E-state index in [4.69, 9.17) is 9.47 Å². The molecule has 8 heteroatoms. The van der Waals surface area contributed by atoms with Gasteiger partial charge in [-0.25, -0.2) is 8.42 Å². The maximum atomic E-state index is 12.9. The molecule has 31 heavy (non-hydrogen) atoms. The number of anilines is 1. The quantitative estimate of drug-likeness (QED) is 0.703. The van der Waals surface area contributed by atoms with Crippen LogP contribution >= 0.6 is 0 Å². The van der Waals surface area contributed by atoms with E-state index in [1.165, 1.54) is 0 Å². The van der Waals surface area contributed by atoms with Crippen molar-refractivity contribution in [3.8, 4) is 11.5 Å². The molecule has 0 spiro atoms. The van der Waals surface area contributed by atoms with Gasteiger partial charge in [0, 0.05) is 12.0 Å². The number of hydrogen-bond acceptors (Lipinski definition) is 5. The van der Waals surface area contributed by atoms with E-state index in [-0.39, 0.29) is 18.5 Å². The number of benzene rings is 2. The molecule has 1 N–H and O–H groups in total. The Balaban J connectivity index is 1.81. The van der Waals surface area contributed by atoms with Gasteiger partial charge in [0.15, 0.2) is 0 Å². The van der Waals surface area contributed by atoms with Crippen molar-refractivity contribution in [2.45, 2.75) is 45.8 Å². The Labute approximate surface area is 184 Å². The second-order valence-electron chi connectivity index (χ2n) is 8.42. The summed E-state index contributed by atoms with van der Waals surface area (Å²) >= 11 is 0.